The molecule has 4 atom stereocenters. The van der Waals surface area contributed by atoms with Gasteiger partial charge in [-0.3, -0.25) is 9.36 Å². The number of hydrogen-bond acceptors (Lipinski definition) is 7. The summed E-state index contributed by atoms with van der Waals surface area (Å²) in [5.74, 6) is 0.913. The van der Waals surface area contributed by atoms with Crippen LogP contribution in [0.3, 0.4) is 0 Å². The van der Waals surface area contributed by atoms with E-state index >= 15 is 0 Å². The Bertz CT molecular complexity index is 1060. The molecular formula is C23H32N8O2. The predicted molar refractivity (Wildman–Crippen MR) is 124 cm³/mol. The van der Waals surface area contributed by atoms with Gasteiger partial charge in [0.25, 0.3) is 0 Å². The highest BCUT2D eigenvalue weighted by atomic mass is 16.2. The zero-order valence-corrected chi connectivity index (χ0v) is 19.3. The van der Waals surface area contributed by atoms with Gasteiger partial charge in [0.2, 0.25) is 5.91 Å². The highest BCUT2D eigenvalue weighted by Gasteiger charge is 2.33. The maximum atomic E-state index is 13.0. The van der Waals surface area contributed by atoms with Gasteiger partial charge in [0.15, 0.2) is 5.65 Å². The third kappa shape index (κ3) is 4.64. The Balaban J connectivity index is 1.56. The van der Waals surface area contributed by atoms with Crippen LogP contribution in [0.4, 0.5) is 10.6 Å². The molecule has 176 valence electrons. The lowest BCUT2D eigenvalue weighted by atomic mass is 9.91. The first kappa shape index (κ1) is 23.0. The highest BCUT2D eigenvalue weighted by Crippen LogP contribution is 2.29. The molecule has 2 aromatic rings. The maximum absolute atomic E-state index is 13.0. The molecule has 1 saturated carbocycles. The molecule has 10 heteroatoms. The average molecular weight is 453 g/mol. The van der Waals surface area contributed by atoms with Gasteiger partial charge in [-0.15, -0.1) is 0 Å². The van der Waals surface area contributed by atoms with Crippen LogP contribution in [0.5, 0.6) is 0 Å². The van der Waals surface area contributed by atoms with Crippen molar-refractivity contribution in [3.8, 4) is 6.07 Å². The molecule has 0 bridgehead atoms. The van der Waals surface area contributed by atoms with Crippen molar-refractivity contribution in [3.05, 3.63) is 18.6 Å². The molecule has 33 heavy (non-hydrogen) atoms. The first-order valence-electron chi connectivity index (χ1n) is 11.7. The van der Waals surface area contributed by atoms with Crippen molar-refractivity contribution in [3.63, 3.8) is 0 Å². The van der Waals surface area contributed by atoms with E-state index in [1.807, 2.05) is 19.2 Å². The fourth-order valence-corrected chi connectivity index (χ4v) is 5.07. The summed E-state index contributed by atoms with van der Waals surface area (Å²) in [5, 5.41) is 12.7. The van der Waals surface area contributed by atoms with E-state index in [1.165, 1.54) is 10.9 Å². The van der Waals surface area contributed by atoms with Crippen molar-refractivity contribution >= 4 is 28.8 Å². The van der Waals surface area contributed by atoms with E-state index in [2.05, 4.69) is 27.1 Å². The monoisotopic (exact) mass is 452 g/mol. The number of nitrogens with two attached hydrogens (primary N) is 1. The van der Waals surface area contributed by atoms with Gasteiger partial charge in [0, 0.05) is 38.4 Å². The Morgan fingerprint density at radius 3 is 2.85 bits per heavy atom. The molecule has 0 radical (unpaired) electrons. The lowest BCUT2D eigenvalue weighted by molar-refractivity contribution is -0.131. The van der Waals surface area contributed by atoms with Crippen molar-refractivity contribution in [2.45, 2.75) is 63.6 Å². The Morgan fingerprint density at radius 1 is 1.30 bits per heavy atom. The second kappa shape index (κ2) is 9.75. The molecule has 2 unspecified atom stereocenters. The number of hydrogen-bond donors (Lipinski definition) is 2. The topological polar surface area (TPSA) is 133 Å². The van der Waals surface area contributed by atoms with Gasteiger partial charge in [-0.2, -0.15) is 5.26 Å². The third-order valence-corrected chi connectivity index (χ3v) is 7.14. The number of carbonyl (C=O) groups is 2. The minimum absolute atomic E-state index is 0.0275. The summed E-state index contributed by atoms with van der Waals surface area (Å²) in [5.41, 5.74) is 6.74. The van der Waals surface area contributed by atoms with Gasteiger partial charge in [-0.05, 0) is 31.2 Å². The number of anilines is 1. The molecule has 2 fully saturated rings. The van der Waals surface area contributed by atoms with Crippen molar-refractivity contribution < 1.29 is 9.59 Å². The summed E-state index contributed by atoms with van der Waals surface area (Å²) in [6, 6.07) is 3.54. The van der Waals surface area contributed by atoms with Crippen molar-refractivity contribution in [2.24, 2.45) is 11.7 Å². The minimum Gasteiger partial charge on any atom is -0.354 e. The van der Waals surface area contributed by atoms with Gasteiger partial charge in [0.05, 0.1) is 17.5 Å². The van der Waals surface area contributed by atoms with E-state index in [4.69, 9.17) is 11.0 Å². The SMILES string of the molecule is C[C@@H]1CCN(C(=O)CC#N)C[C@@H]1N(C)c1ncnc2c1ccn2C(=O)NC1CCCCC1N. The number of aromatic nitrogens is 3. The number of amides is 2. The van der Waals surface area contributed by atoms with Gasteiger partial charge < -0.3 is 20.9 Å². The molecule has 2 aromatic heterocycles. The number of piperidine rings is 1. The smallest absolute Gasteiger partial charge is 0.327 e. The average Bonchev–Trinajstić information content (AvgIpc) is 3.25. The molecule has 0 aromatic carbocycles. The molecule has 2 amide bonds. The van der Waals surface area contributed by atoms with E-state index in [-0.39, 0.29) is 36.5 Å². The van der Waals surface area contributed by atoms with Gasteiger partial charge in [-0.25, -0.2) is 14.8 Å². The molecule has 3 N–H and O–H groups in total. The van der Waals surface area contributed by atoms with Crippen LogP contribution in [0.2, 0.25) is 0 Å². The number of fused-ring (bicyclic) bond motifs is 1. The third-order valence-electron chi connectivity index (χ3n) is 7.14. The summed E-state index contributed by atoms with van der Waals surface area (Å²) in [6.45, 7) is 3.35. The largest absolute Gasteiger partial charge is 0.354 e. The van der Waals surface area contributed by atoms with Crippen LogP contribution in [0, 0.1) is 17.2 Å². The predicted octanol–water partition coefficient (Wildman–Crippen LogP) is 1.85. The van der Waals surface area contributed by atoms with Crippen molar-refractivity contribution in [2.75, 3.05) is 25.0 Å². The number of rotatable bonds is 4. The molecule has 0 spiro atoms. The van der Waals surface area contributed by atoms with Gasteiger partial charge >= 0.3 is 6.03 Å². The molecule has 10 nitrogen and oxygen atoms in total. The Labute approximate surface area is 193 Å². The minimum atomic E-state index is -0.237. The highest BCUT2D eigenvalue weighted by molar-refractivity contribution is 5.95. The quantitative estimate of drug-likeness (QED) is 0.723. The van der Waals surface area contributed by atoms with Crippen LogP contribution in [-0.4, -0.2) is 69.6 Å². The molecule has 1 aliphatic carbocycles. The van der Waals surface area contributed by atoms with Crippen molar-refractivity contribution in [1.82, 2.24) is 24.8 Å². The van der Waals surface area contributed by atoms with Gasteiger partial charge in [-0.1, -0.05) is 19.8 Å². The fourth-order valence-electron chi connectivity index (χ4n) is 5.07. The second-order valence-electron chi connectivity index (χ2n) is 9.24. The van der Waals surface area contributed by atoms with E-state index in [1.54, 1.807) is 11.1 Å². The van der Waals surface area contributed by atoms with Crippen LogP contribution in [0.15, 0.2) is 18.6 Å². The van der Waals surface area contributed by atoms with E-state index in [9.17, 15) is 9.59 Å². The van der Waals surface area contributed by atoms with Crippen LogP contribution in [-0.2, 0) is 4.79 Å². The lowest BCUT2D eigenvalue weighted by Gasteiger charge is -2.42. The zero-order valence-electron chi connectivity index (χ0n) is 19.3. The number of likely N-dealkylation sites (N-methyl/N-ethyl adjacent to an activating group) is 1. The molecule has 2 aliphatic rings. The number of nitrogens with zero attached hydrogens (tertiary/aromatic N) is 6. The first-order chi connectivity index (χ1) is 15.9. The molecular weight excluding hydrogens is 420 g/mol. The number of carbonyl (C=O) groups excluding carboxylic acids is 2. The Morgan fingerprint density at radius 2 is 2.09 bits per heavy atom. The lowest BCUT2D eigenvalue weighted by Crippen LogP contribution is -2.52. The molecule has 4 rings (SSSR count). The first-order valence-corrected chi connectivity index (χ1v) is 11.7. The Kier molecular flexibility index (Phi) is 6.79. The van der Waals surface area contributed by atoms with Crippen LogP contribution in [0.25, 0.3) is 11.0 Å². The number of nitrogens with one attached hydrogen (secondary N) is 1. The van der Waals surface area contributed by atoms with Crippen molar-refractivity contribution in [1.29, 1.82) is 5.26 Å². The standard InChI is InChI=1S/C23H32N8O2/c1-15-8-11-30(20(32)7-10-24)13-19(15)29(2)21-16-9-12-31(22(16)27-14-26-21)23(33)28-18-6-4-3-5-17(18)25/h9,12,14-15,17-19H,3-8,11,13,25H2,1-2H3,(H,28,33)/t15-,17?,18?,19+/m1/s1. The van der Waals surface area contributed by atoms with E-state index in [0.717, 1.165) is 37.5 Å². The molecule has 1 saturated heterocycles. The number of nitriles is 1. The van der Waals surface area contributed by atoms with Gasteiger partial charge in [0.1, 0.15) is 18.6 Å². The molecule has 3 heterocycles. The Hall–Kier alpha value is -3.19. The second-order valence-corrected chi connectivity index (χ2v) is 9.24. The fraction of sp³-hybridized carbons (Fsp3) is 0.609. The summed E-state index contributed by atoms with van der Waals surface area (Å²) >= 11 is 0. The summed E-state index contributed by atoms with van der Waals surface area (Å²) < 4.78 is 1.52. The summed E-state index contributed by atoms with van der Waals surface area (Å²) in [7, 11) is 1.96. The van der Waals surface area contributed by atoms with Crippen LogP contribution >= 0.6 is 0 Å². The molecule has 1 aliphatic heterocycles. The summed E-state index contributed by atoms with van der Waals surface area (Å²) in [6.07, 6.45) is 7.90. The number of likely N-dealkylation sites (tertiary alicyclic amines) is 1. The maximum Gasteiger partial charge on any atom is 0.327 e. The van der Waals surface area contributed by atoms with E-state index in [0.29, 0.717) is 30.5 Å². The summed E-state index contributed by atoms with van der Waals surface area (Å²) in [4.78, 5) is 38.0. The normalized spacial score (nSPS) is 25.5. The zero-order chi connectivity index (χ0) is 23.5. The van der Waals surface area contributed by atoms with E-state index < -0.39 is 0 Å². The van der Waals surface area contributed by atoms with Crippen LogP contribution < -0.4 is 16.0 Å². The van der Waals surface area contributed by atoms with Crippen LogP contribution in [0.1, 0.15) is 45.4 Å².